The highest BCUT2D eigenvalue weighted by Gasteiger charge is 2.34. The average Bonchev–Trinajstić information content (AvgIpc) is 2.87. The Morgan fingerprint density at radius 3 is 2.69 bits per heavy atom. The SMILES string of the molecule is O=C(NC1(CBr)CCCC1)c1ccoc1Br. The molecule has 16 heavy (non-hydrogen) atoms. The molecule has 88 valence electrons. The Balaban J connectivity index is 2.09. The van der Waals surface area contributed by atoms with Crippen molar-refractivity contribution in [2.24, 2.45) is 0 Å². The summed E-state index contributed by atoms with van der Waals surface area (Å²) in [4.78, 5) is 12.0. The topological polar surface area (TPSA) is 42.2 Å². The lowest BCUT2D eigenvalue weighted by molar-refractivity contribution is 0.0908. The highest BCUT2D eigenvalue weighted by molar-refractivity contribution is 9.10. The maximum atomic E-state index is 12.0. The fourth-order valence-electron chi connectivity index (χ4n) is 2.11. The first-order valence-corrected chi connectivity index (χ1v) is 7.20. The first kappa shape index (κ1) is 12.2. The summed E-state index contributed by atoms with van der Waals surface area (Å²) in [6, 6.07) is 1.68. The molecule has 1 aliphatic carbocycles. The fraction of sp³-hybridized carbons (Fsp3) is 0.545. The van der Waals surface area contributed by atoms with E-state index in [1.165, 1.54) is 19.1 Å². The van der Waals surface area contributed by atoms with Crippen LogP contribution in [0, 0.1) is 0 Å². The minimum absolute atomic E-state index is 0.0676. The van der Waals surface area contributed by atoms with Crippen LogP contribution in [0.25, 0.3) is 0 Å². The molecule has 1 saturated carbocycles. The molecule has 1 aromatic heterocycles. The van der Waals surface area contributed by atoms with E-state index in [1.807, 2.05) is 0 Å². The number of amides is 1. The van der Waals surface area contributed by atoms with Crippen LogP contribution in [0.2, 0.25) is 0 Å². The molecule has 0 unspecified atom stereocenters. The van der Waals surface area contributed by atoms with E-state index in [9.17, 15) is 4.79 Å². The summed E-state index contributed by atoms with van der Waals surface area (Å²) in [5.74, 6) is -0.0676. The maximum Gasteiger partial charge on any atom is 0.256 e. The second kappa shape index (κ2) is 4.92. The molecule has 1 N–H and O–H groups in total. The molecule has 1 aromatic rings. The van der Waals surface area contributed by atoms with Crippen LogP contribution >= 0.6 is 31.9 Å². The summed E-state index contributed by atoms with van der Waals surface area (Å²) in [6.07, 6.45) is 5.95. The third-order valence-corrected chi connectivity index (χ3v) is 4.75. The molecule has 1 amide bonds. The van der Waals surface area contributed by atoms with Gasteiger partial charge in [-0.15, -0.1) is 0 Å². The largest absolute Gasteiger partial charge is 0.457 e. The molecule has 0 spiro atoms. The third kappa shape index (κ3) is 2.35. The van der Waals surface area contributed by atoms with Gasteiger partial charge in [0.25, 0.3) is 5.91 Å². The van der Waals surface area contributed by atoms with E-state index in [0.29, 0.717) is 10.2 Å². The van der Waals surface area contributed by atoms with E-state index in [2.05, 4.69) is 37.2 Å². The van der Waals surface area contributed by atoms with Gasteiger partial charge in [-0.3, -0.25) is 4.79 Å². The first-order chi connectivity index (χ1) is 7.67. The summed E-state index contributed by atoms with van der Waals surface area (Å²) in [5.41, 5.74) is 0.487. The molecule has 0 atom stereocenters. The fourth-order valence-corrected chi connectivity index (χ4v) is 3.23. The van der Waals surface area contributed by atoms with Gasteiger partial charge in [-0.05, 0) is 34.8 Å². The molecule has 0 bridgehead atoms. The van der Waals surface area contributed by atoms with E-state index in [4.69, 9.17) is 4.42 Å². The number of alkyl halides is 1. The van der Waals surface area contributed by atoms with Crippen LogP contribution in [-0.4, -0.2) is 16.8 Å². The van der Waals surface area contributed by atoms with Gasteiger partial charge in [0.1, 0.15) is 0 Å². The summed E-state index contributed by atoms with van der Waals surface area (Å²) in [6.45, 7) is 0. The number of carbonyl (C=O) groups excluding carboxylic acids is 1. The first-order valence-electron chi connectivity index (χ1n) is 5.28. The van der Waals surface area contributed by atoms with Gasteiger partial charge in [0.2, 0.25) is 0 Å². The molecule has 0 radical (unpaired) electrons. The zero-order valence-corrected chi connectivity index (χ0v) is 11.9. The van der Waals surface area contributed by atoms with Crippen LogP contribution in [0.15, 0.2) is 21.4 Å². The number of halogens is 2. The van der Waals surface area contributed by atoms with Crippen molar-refractivity contribution in [1.82, 2.24) is 5.32 Å². The molecule has 2 rings (SSSR count). The van der Waals surface area contributed by atoms with Gasteiger partial charge in [0.15, 0.2) is 4.67 Å². The Kier molecular flexibility index (Phi) is 3.74. The van der Waals surface area contributed by atoms with Crippen molar-refractivity contribution in [2.45, 2.75) is 31.2 Å². The van der Waals surface area contributed by atoms with Crippen LogP contribution in [0.5, 0.6) is 0 Å². The Morgan fingerprint density at radius 2 is 2.19 bits per heavy atom. The Morgan fingerprint density at radius 1 is 1.50 bits per heavy atom. The van der Waals surface area contributed by atoms with Crippen molar-refractivity contribution >= 4 is 37.8 Å². The quantitative estimate of drug-likeness (QED) is 0.848. The summed E-state index contributed by atoms with van der Waals surface area (Å²) in [7, 11) is 0. The average molecular weight is 351 g/mol. The van der Waals surface area contributed by atoms with Gasteiger partial charge in [-0.2, -0.15) is 0 Å². The van der Waals surface area contributed by atoms with Gasteiger partial charge in [0, 0.05) is 5.33 Å². The van der Waals surface area contributed by atoms with Gasteiger partial charge in [-0.25, -0.2) is 0 Å². The van der Waals surface area contributed by atoms with Crippen molar-refractivity contribution in [2.75, 3.05) is 5.33 Å². The van der Waals surface area contributed by atoms with Crippen molar-refractivity contribution in [3.8, 4) is 0 Å². The van der Waals surface area contributed by atoms with E-state index in [1.54, 1.807) is 6.07 Å². The molecular formula is C11H13Br2NO2. The molecule has 1 aliphatic rings. The highest BCUT2D eigenvalue weighted by atomic mass is 79.9. The van der Waals surface area contributed by atoms with Crippen LogP contribution < -0.4 is 5.32 Å². The molecule has 1 fully saturated rings. The highest BCUT2D eigenvalue weighted by Crippen LogP contribution is 2.32. The summed E-state index contributed by atoms with van der Waals surface area (Å²) < 4.78 is 5.55. The zero-order chi connectivity index (χ0) is 11.6. The van der Waals surface area contributed by atoms with Gasteiger partial charge < -0.3 is 9.73 Å². The van der Waals surface area contributed by atoms with Crippen LogP contribution in [0.4, 0.5) is 0 Å². The Hall–Kier alpha value is -0.290. The zero-order valence-electron chi connectivity index (χ0n) is 8.76. The summed E-state index contributed by atoms with van der Waals surface area (Å²) in [5, 5.41) is 3.92. The number of nitrogens with one attached hydrogen (secondary N) is 1. The molecule has 5 heteroatoms. The van der Waals surface area contributed by atoms with E-state index in [-0.39, 0.29) is 11.4 Å². The standard InChI is InChI=1S/C11H13Br2NO2/c12-7-11(4-1-2-5-11)14-10(15)8-3-6-16-9(8)13/h3,6H,1-2,4-5,7H2,(H,14,15). The number of furan rings is 1. The van der Waals surface area contributed by atoms with Crippen LogP contribution in [-0.2, 0) is 0 Å². The smallest absolute Gasteiger partial charge is 0.256 e. The van der Waals surface area contributed by atoms with Gasteiger partial charge in [0.05, 0.1) is 17.4 Å². The van der Waals surface area contributed by atoms with E-state index >= 15 is 0 Å². The minimum Gasteiger partial charge on any atom is -0.457 e. The number of rotatable bonds is 3. The molecule has 1 heterocycles. The van der Waals surface area contributed by atoms with Crippen LogP contribution in [0.1, 0.15) is 36.0 Å². The molecule has 0 saturated heterocycles. The molecular weight excluding hydrogens is 338 g/mol. The van der Waals surface area contributed by atoms with Crippen LogP contribution in [0.3, 0.4) is 0 Å². The minimum atomic E-state index is -0.0756. The predicted octanol–water partition coefficient (Wildman–Crippen LogP) is 3.48. The second-order valence-electron chi connectivity index (χ2n) is 4.18. The third-order valence-electron chi connectivity index (χ3n) is 3.06. The maximum absolute atomic E-state index is 12.0. The van der Waals surface area contributed by atoms with E-state index in [0.717, 1.165) is 18.2 Å². The monoisotopic (exact) mass is 349 g/mol. The lowest BCUT2D eigenvalue weighted by Gasteiger charge is -2.27. The second-order valence-corrected chi connectivity index (χ2v) is 5.46. The van der Waals surface area contributed by atoms with Crippen molar-refractivity contribution in [3.63, 3.8) is 0 Å². The van der Waals surface area contributed by atoms with Crippen molar-refractivity contribution in [3.05, 3.63) is 22.6 Å². The van der Waals surface area contributed by atoms with E-state index < -0.39 is 0 Å². The Bertz CT molecular complexity index is 383. The molecule has 0 aliphatic heterocycles. The van der Waals surface area contributed by atoms with Gasteiger partial charge >= 0.3 is 0 Å². The lowest BCUT2D eigenvalue weighted by Crippen LogP contribution is -2.47. The summed E-state index contributed by atoms with van der Waals surface area (Å²) >= 11 is 6.71. The van der Waals surface area contributed by atoms with Gasteiger partial charge in [-0.1, -0.05) is 28.8 Å². The molecule has 3 nitrogen and oxygen atoms in total. The number of hydrogen-bond donors (Lipinski definition) is 1. The molecule has 0 aromatic carbocycles. The normalized spacial score (nSPS) is 18.6. The lowest BCUT2D eigenvalue weighted by atomic mass is 10.0. The Labute approximate surface area is 111 Å². The number of hydrogen-bond acceptors (Lipinski definition) is 2. The van der Waals surface area contributed by atoms with Crippen molar-refractivity contribution < 1.29 is 9.21 Å². The predicted molar refractivity (Wildman–Crippen MR) is 68.9 cm³/mol. The number of carbonyl (C=O) groups is 1. The van der Waals surface area contributed by atoms with Crippen molar-refractivity contribution in [1.29, 1.82) is 0 Å².